The predicted octanol–water partition coefficient (Wildman–Crippen LogP) is 2.01. The number of sulfone groups is 1. The smallest absolute Gasteiger partial charge is 0.178 e. The first-order valence-electron chi connectivity index (χ1n) is 5.94. The van der Waals surface area contributed by atoms with Gasteiger partial charge in [0.2, 0.25) is 0 Å². The zero-order valence-electron chi connectivity index (χ0n) is 10.7. The number of nitrogens with two attached hydrogens (primary N) is 1. The van der Waals surface area contributed by atoms with Crippen LogP contribution in [-0.2, 0) is 16.3 Å². The van der Waals surface area contributed by atoms with Crippen LogP contribution in [0.15, 0.2) is 29.2 Å². The third-order valence-electron chi connectivity index (χ3n) is 2.99. The van der Waals surface area contributed by atoms with Gasteiger partial charge in [-0.3, -0.25) is 0 Å². The molecule has 0 radical (unpaired) electrons. The lowest BCUT2D eigenvalue weighted by Gasteiger charge is -2.15. The molecule has 0 aromatic heterocycles. The van der Waals surface area contributed by atoms with Crippen molar-refractivity contribution in [1.82, 2.24) is 0 Å². The summed E-state index contributed by atoms with van der Waals surface area (Å²) in [4.78, 5) is 0.391. The fourth-order valence-electron chi connectivity index (χ4n) is 1.51. The van der Waals surface area contributed by atoms with Gasteiger partial charge in [0.1, 0.15) is 0 Å². The molecule has 1 aromatic rings. The van der Waals surface area contributed by atoms with Gasteiger partial charge in [-0.05, 0) is 30.0 Å². The summed E-state index contributed by atoms with van der Waals surface area (Å²) >= 11 is 0. The molecule has 1 unspecified atom stereocenters. The highest BCUT2D eigenvalue weighted by atomic mass is 32.2. The van der Waals surface area contributed by atoms with E-state index in [1.54, 1.807) is 19.1 Å². The van der Waals surface area contributed by atoms with Crippen LogP contribution in [0.1, 0.15) is 26.3 Å². The maximum atomic E-state index is 11.6. The Morgan fingerprint density at radius 1 is 1.18 bits per heavy atom. The maximum absolute atomic E-state index is 11.6. The van der Waals surface area contributed by atoms with Gasteiger partial charge in [0.15, 0.2) is 9.84 Å². The van der Waals surface area contributed by atoms with E-state index in [2.05, 4.69) is 13.8 Å². The molecule has 2 N–H and O–H groups in total. The first-order valence-corrected chi connectivity index (χ1v) is 7.59. The minimum Gasteiger partial charge on any atom is -0.327 e. The van der Waals surface area contributed by atoms with Crippen molar-refractivity contribution in [3.05, 3.63) is 29.8 Å². The Bertz CT molecular complexity index is 449. The van der Waals surface area contributed by atoms with Gasteiger partial charge in [-0.15, -0.1) is 0 Å². The summed E-state index contributed by atoms with van der Waals surface area (Å²) in [5.41, 5.74) is 7.06. The summed E-state index contributed by atoms with van der Waals surface area (Å²) in [6.07, 6.45) is 0.782. The molecule has 1 rings (SSSR count). The SMILES string of the molecule is CCS(=O)(=O)c1ccc(CC(N)C(C)C)cc1. The third kappa shape index (κ3) is 3.82. The minimum atomic E-state index is -3.09. The maximum Gasteiger partial charge on any atom is 0.178 e. The van der Waals surface area contributed by atoms with Crippen LogP contribution in [-0.4, -0.2) is 20.2 Å². The topological polar surface area (TPSA) is 60.2 Å². The van der Waals surface area contributed by atoms with E-state index in [-0.39, 0.29) is 11.8 Å². The summed E-state index contributed by atoms with van der Waals surface area (Å²) in [6.45, 7) is 5.82. The second-order valence-electron chi connectivity index (χ2n) is 4.66. The van der Waals surface area contributed by atoms with E-state index in [9.17, 15) is 8.42 Å². The summed E-state index contributed by atoms with van der Waals surface area (Å²) in [5, 5.41) is 0. The molecule has 0 amide bonds. The normalized spacial score (nSPS) is 13.9. The first-order chi connectivity index (χ1) is 7.86. The Hall–Kier alpha value is -0.870. The van der Waals surface area contributed by atoms with Crippen molar-refractivity contribution in [2.75, 3.05) is 5.75 Å². The zero-order valence-corrected chi connectivity index (χ0v) is 11.5. The number of benzene rings is 1. The van der Waals surface area contributed by atoms with Gasteiger partial charge in [-0.25, -0.2) is 8.42 Å². The van der Waals surface area contributed by atoms with Crippen LogP contribution in [0.3, 0.4) is 0 Å². The molecule has 1 atom stereocenters. The molecule has 3 nitrogen and oxygen atoms in total. The Balaban J connectivity index is 2.82. The fraction of sp³-hybridized carbons (Fsp3) is 0.538. The van der Waals surface area contributed by atoms with Gasteiger partial charge in [0.05, 0.1) is 10.6 Å². The van der Waals surface area contributed by atoms with Gasteiger partial charge in [0, 0.05) is 6.04 Å². The number of hydrogen-bond acceptors (Lipinski definition) is 3. The van der Waals surface area contributed by atoms with Crippen molar-refractivity contribution < 1.29 is 8.42 Å². The average molecular weight is 255 g/mol. The Labute approximate surface area is 104 Å². The Morgan fingerprint density at radius 2 is 1.71 bits per heavy atom. The second-order valence-corrected chi connectivity index (χ2v) is 6.94. The molecule has 1 aromatic carbocycles. The van der Waals surface area contributed by atoms with Gasteiger partial charge in [-0.2, -0.15) is 0 Å². The zero-order chi connectivity index (χ0) is 13.1. The molecule has 0 aliphatic carbocycles. The Kier molecular flexibility index (Phi) is 4.71. The van der Waals surface area contributed by atoms with Gasteiger partial charge < -0.3 is 5.73 Å². The molecular weight excluding hydrogens is 234 g/mol. The lowest BCUT2D eigenvalue weighted by molar-refractivity contribution is 0.490. The first kappa shape index (κ1) is 14.2. The van der Waals surface area contributed by atoms with Gasteiger partial charge in [-0.1, -0.05) is 32.9 Å². The molecule has 0 aliphatic rings. The lowest BCUT2D eigenvalue weighted by Crippen LogP contribution is -2.28. The van der Waals surface area contributed by atoms with E-state index < -0.39 is 9.84 Å². The predicted molar refractivity (Wildman–Crippen MR) is 70.7 cm³/mol. The molecular formula is C13H21NO2S. The minimum absolute atomic E-state index is 0.114. The molecule has 0 bridgehead atoms. The van der Waals surface area contributed by atoms with E-state index in [1.165, 1.54) is 0 Å². The van der Waals surface area contributed by atoms with E-state index in [0.717, 1.165) is 12.0 Å². The van der Waals surface area contributed by atoms with Crippen molar-refractivity contribution >= 4 is 9.84 Å². The highest BCUT2D eigenvalue weighted by Gasteiger charge is 2.12. The quantitative estimate of drug-likeness (QED) is 0.875. The summed E-state index contributed by atoms with van der Waals surface area (Å²) in [6, 6.07) is 7.15. The number of rotatable bonds is 5. The van der Waals surface area contributed by atoms with Crippen LogP contribution in [0, 0.1) is 5.92 Å². The van der Waals surface area contributed by atoms with Crippen LogP contribution in [0.4, 0.5) is 0 Å². The average Bonchev–Trinajstić information content (AvgIpc) is 2.29. The van der Waals surface area contributed by atoms with Crippen LogP contribution in [0.5, 0.6) is 0 Å². The molecule has 0 saturated heterocycles. The molecule has 0 fully saturated rings. The summed E-state index contributed by atoms with van der Waals surface area (Å²) in [5.74, 6) is 0.562. The molecule has 17 heavy (non-hydrogen) atoms. The highest BCUT2D eigenvalue weighted by Crippen LogP contribution is 2.14. The van der Waals surface area contributed by atoms with Gasteiger partial charge >= 0.3 is 0 Å². The highest BCUT2D eigenvalue weighted by molar-refractivity contribution is 7.91. The van der Waals surface area contributed by atoms with Crippen molar-refractivity contribution in [2.24, 2.45) is 11.7 Å². The summed E-state index contributed by atoms with van der Waals surface area (Å²) < 4.78 is 23.2. The van der Waals surface area contributed by atoms with E-state index in [0.29, 0.717) is 10.8 Å². The van der Waals surface area contributed by atoms with Crippen LogP contribution in [0.2, 0.25) is 0 Å². The fourth-order valence-corrected chi connectivity index (χ4v) is 2.39. The van der Waals surface area contributed by atoms with E-state index >= 15 is 0 Å². The standard InChI is InChI=1S/C13H21NO2S/c1-4-17(15,16)12-7-5-11(6-8-12)9-13(14)10(2)3/h5-8,10,13H,4,9,14H2,1-3H3. The second kappa shape index (κ2) is 5.65. The van der Waals surface area contributed by atoms with Crippen LogP contribution >= 0.6 is 0 Å². The van der Waals surface area contributed by atoms with Crippen molar-refractivity contribution in [2.45, 2.75) is 38.1 Å². The number of hydrogen-bond donors (Lipinski definition) is 1. The van der Waals surface area contributed by atoms with Gasteiger partial charge in [0.25, 0.3) is 0 Å². The Morgan fingerprint density at radius 3 is 2.12 bits per heavy atom. The molecule has 4 heteroatoms. The molecule has 0 aliphatic heterocycles. The van der Waals surface area contributed by atoms with E-state index in [4.69, 9.17) is 5.73 Å². The van der Waals surface area contributed by atoms with Crippen LogP contribution < -0.4 is 5.73 Å². The van der Waals surface area contributed by atoms with E-state index in [1.807, 2.05) is 12.1 Å². The monoisotopic (exact) mass is 255 g/mol. The van der Waals surface area contributed by atoms with Crippen LogP contribution in [0.25, 0.3) is 0 Å². The third-order valence-corrected chi connectivity index (χ3v) is 4.74. The van der Waals surface area contributed by atoms with Crippen molar-refractivity contribution in [1.29, 1.82) is 0 Å². The van der Waals surface area contributed by atoms with Crippen molar-refractivity contribution in [3.63, 3.8) is 0 Å². The molecule has 96 valence electrons. The van der Waals surface area contributed by atoms with Crippen molar-refractivity contribution in [3.8, 4) is 0 Å². The lowest BCUT2D eigenvalue weighted by atomic mass is 9.97. The molecule has 0 saturated carbocycles. The molecule has 0 heterocycles. The summed E-state index contributed by atoms with van der Waals surface area (Å²) in [7, 11) is -3.09. The molecule has 0 spiro atoms. The largest absolute Gasteiger partial charge is 0.327 e.